The minimum absolute atomic E-state index is 0.00221. The molecule has 0 atom stereocenters. The van der Waals surface area contributed by atoms with Crippen molar-refractivity contribution >= 4 is 33.6 Å². The molecule has 1 aromatic rings. The van der Waals surface area contributed by atoms with E-state index in [9.17, 15) is 9.59 Å². The predicted octanol–water partition coefficient (Wildman–Crippen LogP) is 2.46. The third-order valence-corrected chi connectivity index (χ3v) is 4.02. The fraction of sp³-hybridized carbons (Fsp3) is 0.375. The van der Waals surface area contributed by atoms with Gasteiger partial charge in [-0.05, 0) is 37.1 Å². The molecule has 1 aromatic carbocycles. The maximum atomic E-state index is 12.3. The molecule has 1 aliphatic heterocycles. The molecule has 0 spiro atoms. The molecule has 0 aliphatic carbocycles. The van der Waals surface area contributed by atoms with Crippen molar-refractivity contribution in [2.75, 3.05) is 32.5 Å². The molecule has 0 aromatic heterocycles. The van der Waals surface area contributed by atoms with Gasteiger partial charge < -0.3 is 19.1 Å². The van der Waals surface area contributed by atoms with Crippen LogP contribution in [0.25, 0.3) is 0 Å². The minimum Gasteiger partial charge on any atom is -0.466 e. The van der Waals surface area contributed by atoms with E-state index in [1.165, 1.54) is 14.2 Å². The fourth-order valence-corrected chi connectivity index (χ4v) is 3.34. The van der Waals surface area contributed by atoms with Gasteiger partial charge in [0, 0.05) is 10.2 Å². The van der Waals surface area contributed by atoms with Crippen molar-refractivity contribution < 1.29 is 23.8 Å². The lowest BCUT2D eigenvalue weighted by Crippen LogP contribution is -2.39. The third-order valence-electron chi connectivity index (χ3n) is 3.56. The molecule has 0 amide bonds. The average Bonchev–Trinajstić information content (AvgIpc) is 2.52. The molecular weight excluding hydrogens is 366 g/mol. The summed E-state index contributed by atoms with van der Waals surface area (Å²) in [7, 11) is 2.54. The van der Waals surface area contributed by atoms with Crippen molar-refractivity contribution in [1.82, 2.24) is 0 Å². The summed E-state index contributed by atoms with van der Waals surface area (Å²) in [5.74, 6) is -1.21. The van der Waals surface area contributed by atoms with Crippen molar-refractivity contribution in [2.24, 2.45) is 0 Å². The summed E-state index contributed by atoms with van der Waals surface area (Å²) < 4.78 is 16.0. The first-order chi connectivity index (χ1) is 10.9. The zero-order valence-corrected chi connectivity index (χ0v) is 15.0. The van der Waals surface area contributed by atoms with Crippen LogP contribution in [0.2, 0.25) is 0 Å². The molecule has 1 heterocycles. The Hall–Kier alpha value is -1.86. The lowest BCUT2D eigenvalue weighted by molar-refractivity contribution is -0.140. The monoisotopic (exact) mass is 383 g/mol. The molecule has 23 heavy (non-hydrogen) atoms. The molecule has 0 radical (unpaired) electrons. The number of nitrogens with zero attached hydrogens (tertiary/aromatic N) is 1. The molecule has 124 valence electrons. The van der Waals surface area contributed by atoms with Crippen LogP contribution in [-0.2, 0) is 23.8 Å². The number of rotatable bonds is 3. The van der Waals surface area contributed by atoms with Crippen LogP contribution in [0.3, 0.4) is 0 Å². The van der Waals surface area contributed by atoms with E-state index in [-0.39, 0.29) is 24.6 Å². The second-order valence-corrected chi connectivity index (χ2v) is 6.02. The second-order valence-electron chi connectivity index (χ2n) is 5.10. The summed E-state index contributed by atoms with van der Waals surface area (Å²) in [4.78, 5) is 25.9. The third kappa shape index (κ3) is 3.40. The van der Waals surface area contributed by atoms with Crippen LogP contribution < -0.4 is 4.90 Å². The number of anilines is 1. The number of hydrogen-bond donors (Lipinski definition) is 0. The van der Waals surface area contributed by atoms with Gasteiger partial charge in [0.25, 0.3) is 0 Å². The Morgan fingerprint density at radius 3 is 2.22 bits per heavy atom. The first-order valence-electron chi connectivity index (χ1n) is 6.92. The Morgan fingerprint density at radius 2 is 1.70 bits per heavy atom. The van der Waals surface area contributed by atoms with Crippen molar-refractivity contribution in [3.63, 3.8) is 0 Å². The van der Waals surface area contributed by atoms with Gasteiger partial charge in [0.2, 0.25) is 0 Å². The van der Waals surface area contributed by atoms with Gasteiger partial charge in [-0.1, -0.05) is 15.9 Å². The van der Waals surface area contributed by atoms with Crippen LogP contribution in [0.4, 0.5) is 5.69 Å². The second kappa shape index (κ2) is 7.14. The summed E-state index contributed by atoms with van der Waals surface area (Å²) in [6.07, 6.45) is 0. The quantitative estimate of drug-likeness (QED) is 0.747. The van der Waals surface area contributed by atoms with Crippen LogP contribution in [0.15, 0.2) is 27.9 Å². The SMILES string of the molecule is COC(=O)C1=C(C(=O)OC)N(c2c(C)cc(Br)cc2C)COC1. The van der Waals surface area contributed by atoms with Gasteiger partial charge in [-0.2, -0.15) is 0 Å². The highest BCUT2D eigenvalue weighted by atomic mass is 79.9. The van der Waals surface area contributed by atoms with Gasteiger partial charge in [0.05, 0.1) is 26.4 Å². The number of carbonyl (C=O) groups is 2. The van der Waals surface area contributed by atoms with Crippen molar-refractivity contribution in [2.45, 2.75) is 13.8 Å². The molecule has 0 unspecified atom stereocenters. The van der Waals surface area contributed by atoms with E-state index >= 15 is 0 Å². The van der Waals surface area contributed by atoms with Gasteiger partial charge in [-0.3, -0.25) is 0 Å². The van der Waals surface area contributed by atoms with Gasteiger partial charge in [-0.25, -0.2) is 9.59 Å². The van der Waals surface area contributed by atoms with Crippen molar-refractivity contribution in [3.05, 3.63) is 39.0 Å². The first-order valence-corrected chi connectivity index (χ1v) is 7.71. The Kier molecular flexibility index (Phi) is 5.43. The van der Waals surface area contributed by atoms with Gasteiger partial charge in [0.15, 0.2) is 0 Å². The van der Waals surface area contributed by atoms with Gasteiger partial charge >= 0.3 is 11.9 Å². The molecular formula is C16H18BrNO5. The fourth-order valence-electron chi connectivity index (χ4n) is 2.65. The van der Waals surface area contributed by atoms with E-state index in [1.807, 2.05) is 26.0 Å². The first kappa shape index (κ1) is 17.5. The largest absolute Gasteiger partial charge is 0.466 e. The molecule has 2 rings (SSSR count). The molecule has 1 aliphatic rings. The van der Waals surface area contributed by atoms with Crippen LogP contribution in [0.5, 0.6) is 0 Å². The van der Waals surface area contributed by atoms with Crippen LogP contribution in [0.1, 0.15) is 11.1 Å². The maximum absolute atomic E-state index is 12.3. The summed E-state index contributed by atoms with van der Waals surface area (Å²) >= 11 is 3.45. The smallest absolute Gasteiger partial charge is 0.355 e. The standard InChI is InChI=1S/C16H18BrNO5/c1-9-5-11(17)6-10(2)13(9)18-8-23-7-12(15(19)21-3)14(18)16(20)22-4/h5-6H,7-8H2,1-4H3. The molecule has 0 saturated carbocycles. The molecule has 0 N–H and O–H groups in total. The Balaban J connectivity index is 2.65. The van der Waals surface area contributed by atoms with E-state index in [0.29, 0.717) is 0 Å². The minimum atomic E-state index is -0.609. The highest BCUT2D eigenvalue weighted by molar-refractivity contribution is 9.10. The van der Waals surface area contributed by atoms with Crippen LogP contribution >= 0.6 is 15.9 Å². The van der Waals surface area contributed by atoms with E-state index in [4.69, 9.17) is 14.2 Å². The number of hydrogen-bond acceptors (Lipinski definition) is 6. The summed E-state index contributed by atoms with van der Waals surface area (Å²) in [6, 6.07) is 3.87. The highest BCUT2D eigenvalue weighted by Crippen LogP contribution is 2.34. The van der Waals surface area contributed by atoms with Crippen molar-refractivity contribution in [1.29, 1.82) is 0 Å². The molecule has 0 fully saturated rings. The van der Waals surface area contributed by atoms with Crippen LogP contribution in [-0.4, -0.2) is 39.5 Å². The Morgan fingerprint density at radius 1 is 1.13 bits per heavy atom. The average molecular weight is 384 g/mol. The normalized spacial score (nSPS) is 14.7. The van der Waals surface area contributed by atoms with Gasteiger partial charge in [0.1, 0.15) is 12.4 Å². The molecule has 7 heteroatoms. The molecule has 0 saturated heterocycles. The lowest BCUT2D eigenvalue weighted by Gasteiger charge is -2.33. The topological polar surface area (TPSA) is 65.1 Å². The lowest BCUT2D eigenvalue weighted by atomic mass is 10.1. The van der Waals surface area contributed by atoms with Crippen molar-refractivity contribution in [3.8, 4) is 0 Å². The van der Waals surface area contributed by atoms with E-state index in [1.54, 1.807) is 4.90 Å². The van der Waals surface area contributed by atoms with E-state index < -0.39 is 11.9 Å². The van der Waals surface area contributed by atoms with Crippen LogP contribution in [0, 0.1) is 13.8 Å². The molecule has 0 bridgehead atoms. The summed E-state index contributed by atoms with van der Waals surface area (Å²) in [5.41, 5.74) is 2.97. The number of halogens is 1. The zero-order chi connectivity index (χ0) is 17.1. The summed E-state index contributed by atoms with van der Waals surface area (Å²) in [5, 5.41) is 0. The number of ether oxygens (including phenoxy) is 3. The number of benzene rings is 1. The Bertz CT molecular complexity index is 660. The highest BCUT2D eigenvalue weighted by Gasteiger charge is 2.33. The summed E-state index contributed by atoms with van der Waals surface area (Å²) in [6.45, 7) is 4.00. The number of esters is 2. The number of methoxy groups -OCH3 is 2. The molecule has 6 nitrogen and oxygen atoms in total. The number of aryl methyl sites for hydroxylation is 2. The van der Waals surface area contributed by atoms with E-state index in [2.05, 4.69) is 15.9 Å². The Labute approximate surface area is 143 Å². The van der Waals surface area contributed by atoms with E-state index in [0.717, 1.165) is 21.3 Å². The zero-order valence-electron chi connectivity index (χ0n) is 13.4. The van der Waals surface area contributed by atoms with Gasteiger partial charge in [-0.15, -0.1) is 0 Å². The maximum Gasteiger partial charge on any atom is 0.355 e. The predicted molar refractivity (Wildman–Crippen MR) is 88.0 cm³/mol. The number of carbonyl (C=O) groups excluding carboxylic acids is 2.